The van der Waals surface area contributed by atoms with Crippen LogP contribution in [0.4, 0.5) is 5.69 Å². The van der Waals surface area contributed by atoms with Gasteiger partial charge in [-0.05, 0) is 47.9 Å². The van der Waals surface area contributed by atoms with E-state index in [-0.39, 0.29) is 24.7 Å². The molecule has 6 heteroatoms. The summed E-state index contributed by atoms with van der Waals surface area (Å²) in [6, 6.07) is 19.1. The molecule has 0 aliphatic rings. The molecule has 0 aliphatic carbocycles. The number of hydrogen-bond donors (Lipinski definition) is 2. The number of fused-ring (bicyclic) bond motifs is 1. The maximum Gasteiger partial charge on any atom is 0.244 e. The molecule has 0 saturated heterocycles. The third kappa shape index (κ3) is 5.65. The van der Waals surface area contributed by atoms with Crippen LogP contribution in [-0.4, -0.2) is 17.5 Å². The highest BCUT2D eigenvalue weighted by atomic mass is 35.5. The summed E-state index contributed by atoms with van der Waals surface area (Å²) in [6.45, 7) is 3.59. The first-order valence-electron chi connectivity index (χ1n) is 9.27. The summed E-state index contributed by atoms with van der Waals surface area (Å²) in [5.74, 6) is -0.458. The van der Waals surface area contributed by atoms with Crippen LogP contribution in [0.3, 0.4) is 0 Å². The molecule has 0 saturated carbocycles. The monoisotopic (exact) mass is 407 g/mol. The average molecular weight is 408 g/mol. The lowest BCUT2D eigenvalue weighted by Crippen LogP contribution is -2.23. The summed E-state index contributed by atoms with van der Waals surface area (Å²) < 4.78 is 0. The zero-order valence-electron chi connectivity index (χ0n) is 16.3. The number of halogens is 1. The highest BCUT2D eigenvalue weighted by Gasteiger charge is 2.08. The molecule has 3 aromatic rings. The summed E-state index contributed by atoms with van der Waals surface area (Å²) in [6.07, 6.45) is 0.284. The molecule has 3 rings (SSSR count). The van der Waals surface area contributed by atoms with Crippen molar-refractivity contribution in [3.05, 3.63) is 76.8 Å². The first-order chi connectivity index (χ1) is 13.9. The lowest BCUT2D eigenvalue weighted by molar-refractivity contribution is -0.120. The summed E-state index contributed by atoms with van der Waals surface area (Å²) in [5, 5.41) is 9.54. The van der Waals surface area contributed by atoms with Crippen molar-refractivity contribution >= 4 is 45.6 Å². The van der Waals surface area contributed by atoms with Crippen LogP contribution in [0.15, 0.2) is 65.8 Å². The van der Waals surface area contributed by atoms with Crippen molar-refractivity contribution in [3.8, 4) is 0 Å². The second kappa shape index (κ2) is 9.34. The van der Waals surface area contributed by atoms with Gasteiger partial charge in [-0.3, -0.25) is 9.59 Å². The summed E-state index contributed by atoms with van der Waals surface area (Å²) in [4.78, 5) is 24.4. The van der Waals surface area contributed by atoms with Crippen LogP contribution in [-0.2, 0) is 16.0 Å². The van der Waals surface area contributed by atoms with Crippen molar-refractivity contribution in [3.63, 3.8) is 0 Å². The molecule has 0 heterocycles. The molecule has 0 spiro atoms. The van der Waals surface area contributed by atoms with Gasteiger partial charge in [0.15, 0.2) is 0 Å². The van der Waals surface area contributed by atoms with Gasteiger partial charge in [0, 0.05) is 16.4 Å². The van der Waals surface area contributed by atoms with Crippen LogP contribution < -0.4 is 10.7 Å². The summed E-state index contributed by atoms with van der Waals surface area (Å²) in [5.41, 5.74) is 5.53. The van der Waals surface area contributed by atoms with Gasteiger partial charge in [-0.1, -0.05) is 60.1 Å². The fourth-order valence-electron chi connectivity index (χ4n) is 2.96. The van der Waals surface area contributed by atoms with Gasteiger partial charge >= 0.3 is 0 Å². The van der Waals surface area contributed by atoms with Gasteiger partial charge < -0.3 is 5.32 Å². The number of aryl methyl sites for hydroxylation is 1. The van der Waals surface area contributed by atoms with Gasteiger partial charge in [-0.15, -0.1) is 0 Å². The molecule has 5 nitrogen and oxygen atoms in total. The molecule has 0 radical (unpaired) electrons. The molecule has 148 valence electrons. The Morgan fingerprint density at radius 3 is 2.55 bits per heavy atom. The molecule has 0 bridgehead atoms. The Bertz CT molecular complexity index is 1090. The average Bonchev–Trinajstić information content (AvgIpc) is 2.69. The standard InChI is InChI=1S/C23H22ClN3O2/c1-15-10-11-19(14-21(15)24)25-22(28)12-16(2)26-27-23(29)13-18-8-5-7-17-6-3-4-9-20(17)18/h3-11,14H,12-13H2,1-2H3,(H,25,28)(H,27,29)/b26-16+. The maximum atomic E-state index is 12.3. The second-order valence-electron chi connectivity index (χ2n) is 6.89. The number of nitrogens with zero attached hydrogens (tertiary/aromatic N) is 1. The number of amides is 2. The number of hydrogen-bond acceptors (Lipinski definition) is 3. The van der Waals surface area contributed by atoms with Gasteiger partial charge in [0.25, 0.3) is 0 Å². The van der Waals surface area contributed by atoms with Crippen molar-refractivity contribution in [1.29, 1.82) is 0 Å². The van der Waals surface area contributed by atoms with Crippen molar-refractivity contribution in [2.75, 3.05) is 5.32 Å². The van der Waals surface area contributed by atoms with Crippen LogP contribution in [0.5, 0.6) is 0 Å². The van der Waals surface area contributed by atoms with Crippen molar-refractivity contribution in [2.45, 2.75) is 26.7 Å². The van der Waals surface area contributed by atoms with E-state index in [1.165, 1.54) is 0 Å². The van der Waals surface area contributed by atoms with E-state index in [1.54, 1.807) is 19.1 Å². The number of nitrogens with one attached hydrogen (secondary N) is 2. The van der Waals surface area contributed by atoms with Crippen LogP contribution in [0, 0.1) is 6.92 Å². The molecule has 0 aromatic heterocycles. The Morgan fingerprint density at radius 1 is 1.00 bits per heavy atom. The maximum absolute atomic E-state index is 12.3. The number of benzene rings is 3. The smallest absolute Gasteiger partial charge is 0.244 e. The third-order valence-corrected chi connectivity index (χ3v) is 4.88. The van der Waals surface area contributed by atoms with Gasteiger partial charge in [-0.2, -0.15) is 5.10 Å². The number of carbonyl (C=O) groups is 2. The summed E-state index contributed by atoms with van der Waals surface area (Å²) >= 11 is 6.07. The highest BCUT2D eigenvalue weighted by Crippen LogP contribution is 2.20. The molecule has 0 fully saturated rings. The molecule has 0 aliphatic heterocycles. The van der Waals surface area contributed by atoms with Crippen LogP contribution in [0.1, 0.15) is 24.5 Å². The van der Waals surface area contributed by atoms with Crippen LogP contribution in [0.25, 0.3) is 10.8 Å². The first-order valence-corrected chi connectivity index (χ1v) is 9.65. The Kier molecular flexibility index (Phi) is 6.62. The van der Waals surface area contributed by atoms with Gasteiger partial charge in [-0.25, -0.2) is 5.43 Å². The summed E-state index contributed by atoms with van der Waals surface area (Å²) in [7, 11) is 0. The fourth-order valence-corrected chi connectivity index (χ4v) is 3.15. The Balaban J connectivity index is 1.55. The third-order valence-electron chi connectivity index (χ3n) is 4.47. The zero-order chi connectivity index (χ0) is 20.8. The van der Waals surface area contributed by atoms with Crippen molar-refractivity contribution < 1.29 is 9.59 Å². The van der Waals surface area contributed by atoms with Gasteiger partial charge in [0.1, 0.15) is 0 Å². The van der Waals surface area contributed by atoms with E-state index in [9.17, 15) is 9.59 Å². The molecule has 2 N–H and O–H groups in total. The zero-order valence-corrected chi connectivity index (χ0v) is 17.1. The lowest BCUT2D eigenvalue weighted by atomic mass is 10.0. The minimum absolute atomic E-state index is 0.0695. The van der Waals surface area contributed by atoms with E-state index >= 15 is 0 Å². The molecule has 0 atom stereocenters. The normalized spacial score (nSPS) is 11.3. The largest absolute Gasteiger partial charge is 0.326 e. The van der Waals surface area contributed by atoms with Crippen LogP contribution >= 0.6 is 11.6 Å². The molecule has 2 amide bonds. The predicted molar refractivity (Wildman–Crippen MR) is 118 cm³/mol. The van der Waals surface area contributed by atoms with E-state index in [1.807, 2.05) is 55.5 Å². The van der Waals surface area contributed by atoms with Crippen molar-refractivity contribution in [1.82, 2.24) is 5.43 Å². The molecule has 29 heavy (non-hydrogen) atoms. The van der Waals surface area contributed by atoms with Gasteiger partial charge in [0.05, 0.1) is 12.8 Å². The van der Waals surface area contributed by atoms with Crippen LogP contribution in [0.2, 0.25) is 5.02 Å². The van der Waals surface area contributed by atoms with E-state index < -0.39 is 0 Å². The van der Waals surface area contributed by atoms with E-state index in [0.29, 0.717) is 16.4 Å². The van der Waals surface area contributed by atoms with Crippen molar-refractivity contribution in [2.24, 2.45) is 5.10 Å². The lowest BCUT2D eigenvalue weighted by Gasteiger charge is -2.08. The van der Waals surface area contributed by atoms with E-state index in [2.05, 4.69) is 15.8 Å². The first kappa shape index (κ1) is 20.6. The number of anilines is 1. The molecular formula is C23H22ClN3O2. The van der Waals surface area contributed by atoms with E-state index in [4.69, 9.17) is 11.6 Å². The molecular weight excluding hydrogens is 386 g/mol. The SMILES string of the molecule is C/C(CC(=O)Nc1ccc(C)c(Cl)c1)=N\NC(=O)Cc1cccc2ccccc12. The fraction of sp³-hybridized carbons (Fsp3) is 0.174. The Morgan fingerprint density at radius 2 is 1.76 bits per heavy atom. The highest BCUT2D eigenvalue weighted by molar-refractivity contribution is 6.31. The Labute approximate surface area is 174 Å². The van der Waals surface area contributed by atoms with E-state index in [0.717, 1.165) is 21.9 Å². The predicted octanol–water partition coefficient (Wildman–Crippen LogP) is 4.87. The second-order valence-corrected chi connectivity index (χ2v) is 7.29. The molecule has 0 unspecified atom stereocenters. The Hall–Kier alpha value is -3.18. The topological polar surface area (TPSA) is 70.6 Å². The number of rotatable bonds is 6. The number of carbonyl (C=O) groups excluding carboxylic acids is 2. The number of hydrazone groups is 1. The minimum Gasteiger partial charge on any atom is -0.326 e. The quantitative estimate of drug-likeness (QED) is 0.452. The molecule has 3 aromatic carbocycles. The minimum atomic E-state index is -0.230. The van der Waals surface area contributed by atoms with Gasteiger partial charge in [0.2, 0.25) is 11.8 Å².